The summed E-state index contributed by atoms with van der Waals surface area (Å²) in [6, 6.07) is 8.40. The Morgan fingerprint density at radius 3 is 2.89 bits per heavy atom. The van der Waals surface area contributed by atoms with E-state index in [0.29, 0.717) is 11.8 Å². The highest BCUT2D eigenvalue weighted by Gasteiger charge is 2.05. The van der Waals surface area contributed by atoms with Crippen LogP contribution in [0.3, 0.4) is 0 Å². The standard InChI is InChI=1S/C14H18ClN3/c1-11(2)12-5-3-7-14(9-12)18-10-13(16-17-18)6-4-8-15/h3,5,7,9-11H,4,6,8H2,1-2H3. The van der Waals surface area contributed by atoms with Crippen molar-refractivity contribution >= 4 is 11.6 Å². The average Bonchev–Trinajstić information content (AvgIpc) is 2.85. The maximum absolute atomic E-state index is 5.68. The molecule has 0 fully saturated rings. The van der Waals surface area contributed by atoms with E-state index in [-0.39, 0.29) is 0 Å². The van der Waals surface area contributed by atoms with Gasteiger partial charge in [-0.3, -0.25) is 0 Å². The number of halogens is 1. The lowest BCUT2D eigenvalue weighted by Gasteiger charge is -2.07. The SMILES string of the molecule is CC(C)c1cccc(-n2cc(CCCCl)nn2)c1. The van der Waals surface area contributed by atoms with Gasteiger partial charge in [0.1, 0.15) is 0 Å². The van der Waals surface area contributed by atoms with Crippen molar-refractivity contribution in [2.75, 3.05) is 5.88 Å². The fraction of sp³-hybridized carbons (Fsp3) is 0.429. The van der Waals surface area contributed by atoms with E-state index in [9.17, 15) is 0 Å². The first kappa shape index (κ1) is 13.1. The molecule has 0 N–H and O–H groups in total. The van der Waals surface area contributed by atoms with Crippen LogP contribution in [-0.2, 0) is 6.42 Å². The first-order valence-corrected chi connectivity index (χ1v) is 6.81. The Balaban J connectivity index is 2.20. The van der Waals surface area contributed by atoms with Crippen molar-refractivity contribution in [2.45, 2.75) is 32.6 Å². The lowest BCUT2D eigenvalue weighted by molar-refractivity contribution is 0.786. The maximum Gasteiger partial charge on any atom is 0.0832 e. The quantitative estimate of drug-likeness (QED) is 0.773. The molecule has 0 radical (unpaired) electrons. The van der Waals surface area contributed by atoms with Crippen molar-refractivity contribution in [3.63, 3.8) is 0 Å². The number of aryl methyl sites for hydroxylation is 1. The number of nitrogens with zero attached hydrogens (tertiary/aromatic N) is 3. The highest BCUT2D eigenvalue weighted by molar-refractivity contribution is 6.17. The van der Waals surface area contributed by atoms with Crippen molar-refractivity contribution in [1.29, 1.82) is 0 Å². The molecule has 1 heterocycles. The van der Waals surface area contributed by atoms with Crippen LogP contribution in [0.25, 0.3) is 5.69 Å². The van der Waals surface area contributed by atoms with E-state index in [1.165, 1.54) is 5.56 Å². The van der Waals surface area contributed by atoms with E-state index < -0.39 is 0 Å². The Labute approximate surface area is 113 Å². The van der Waals surface area contributed by atoms with Crippen LogP contribution >= 0.6 is 11.6 Å². The second-order valence-electron chi connectivity index (χ2n) is 4.70. The van der Waals surface area contributed by atoms with Gasteiger partial charge in [-0.15, -0.1) is 16.7 Å². The number of benzene rings is 1. The number of hydrogen-bond acceptors (Lipinski definition) is 2. The average molecular weight is 264 g/mol. The Morgan fingerprint density at radius 2 is 2.17 bits per heavy atom. The minimum absolute atomic E-state index is 0.518. The summed E-state index contributed by atoms with van der Waals surface area (Å²) in [5.41, 5.74) is 3.36. The molecule has 0 aliphatic rings. The summed E-state index contributed by atoms with van der Waals surface area (Å²) in [6.45, 7) is 4.37. The third-order valence-electron chi connectivity index (χ3n) is 2.91. The summed E-state index contributed by atoms with van der Waals surface area (Å²) in [4.78, 5) is 0. The molecule has 0 aliphatic carbocycles. The molecule has 0 unspecified atom stereocenters. The third kappa shape index (κ3) is 3.10. The van der Waals surface area contributed by atoms with Crippen LogP contribution in [0.5, 0.6) is 0 Å². The summed E-state index contributed by atoms with van der Waals surface area (Å²) in [6.07, 6.45) is 3.80. The smallest absolute Gasteiger partial charge is 0.0832 e. The van der Waals surface area contributed by atoms with Crippen LogP contribution in [0.1, 0.15) is 37.4 Å². The molecule has 0 spiro atoms. The summed E-state index contributed by atoms with van der Waals surface area (Å²) in [5, 5.41) is 8.32. The van der Waals surface area contributed by atoms with Gasteiger partial charge in [0.2, 0.25) is 0 Å². The molecule has 18 heavy (non-hydrogen) atoms. The molecule has 0 amide bonds. The van der Waals surface area contributed by atoms with E-state index >= 15 is 0 Å². The predicted molar refractivity (Wildman–Crippen MR) is 74.5 cm³/mol. The van der Waals surface area contributed by atoms with E-state index in [1.807, 2.05) is 16.9 Å². The van der Waals surface area contributed by atoms with Crippen molar-refractivity contribution in [3.8, 4) is 5.69 Å². The number of alkyl halides is 1. The van der Waals surface area contributed by atoms with Gasteiger partial charge >= 0.3 is 0 Å². The van der Waals surface area contributed by atoms with Gasteiger partial charge in [-0.05, 0) is 36.5 Å². The number of aromatic nitrogens is 3. The second kappa shape index (κ2) is 6.01. The molecule has 1 aromatic carbocycles. The molecule has 0 saturated heterocycles. The fourth-order valence-electron chi connectivity index (χ4n) is 1.81. The first-order valence-electron chi connectivity index (χ1n) is 6.28. The molecule has 0 aliphatic heterocycles. The van der Waals surface area contributed by atoms with Crippen LogP contribution < -0.4 is 0 Å². The van der Waals surface area contributed by atoms with Crippen molar-refractivity contribution in [2.24, 2.45) is 0 Å². The van der Waals surface area contributed by atoms with E-state index in [2.05, 4.69) is 42.4 Å². The lowest BCUT2D eigenvalue weighted by Crippen LogP contribution is -1.97. The Morgan fingerprint density at radius 1 is 1.33 bits per heavy atom. The Bertz CT molecular complexity index is 505. The van der Waals surface area contributed by atoms with Crippen LogP contribution in [-0.4, -0.2) is 20.9 Å². The largest absolute Gasteiger partial charge is 0.220 e. The molecule has 0 bridgehead atoms. The number of hydrogen-bond donors (Lipinski definition) is 0. The van der Waals surface area contributed by atoms with Crippen LogP contribution in [0.2, 0.25) is 0 Å². The van der Waals surface area contributed by atoms with Crippen molar-refractivity contribution in [1.82, 2.24) is 15.0 Å². The van der Waals surface area contributed by atoms with Gasteiger partial charge in [0.05, 0.1) is 17.6 Å². The molecular formula is C14H18ClN3. The summed E-state index contributed by atoms with van der Waals surface area (Å²) < 4.78 is 1.83. The molecule has 2 rings (SSSR count). The summed E-state index contributed by atoms with van der Waals surface area (Å²) in [7, 11) is 0. The minimum atomic E-state index is 0.518. The van der Waals surface area contributed by atoms with Crippen LogP contribution in [0.15, 0.2) is 30.5 Å². The van der Waals surface area contributed by atoms with Gasteiger partial charge in [-0.1, -0.05) is 31.2 Å². The molecule has 0 saturated carbocycles. The first-order chi connectivity index (χ1) is 8.70. The van der Waals surface area contributed by atoms with Crippen LogP contribution in [0, 0.1) is 0 Å². The molecule has 1 aromatic heterocycles. The third-order valence-corrected chi connectivity index (χ3v) is 3.18. The molecule has 3 nitrogen and oxygen atoms in total. The fourth-order valence-corrected chi connectivity index (χ4v) is 1.95. The van der Waals surface area contributed by atoms with Crippen molar-refractivity contribution in [3.05, 3.63) is 41.7 Å². The summed E-state index contributed by atoms with van der Waals surface area (Å²) >= 11 is 5.68. The molecule has 0 atom stereocenters. The van der Waals surface area contributed by atoms with E-state index in [4.69, 9.17) is 11.6 Å². The van der Waals surface area contributed by atoms with Gasteiger partial charge in [0.15, 0.2) is 0 Å². The Kier molecular flexibility index (Phi) is 4.37. The van der Waals surface area contributed by atoms with Gasteiger partial charge in [0, 0.05) is 5.88 Å². The molecule has 2 aromatic rings. The zero-order valence-corrected chi connectivity index (χ0v) is 11.6. The van der Waals surface area contributed by atoms with Gasteiger partial charge < -0.3 is 0 Å². The van der Waals surface area contributed by atoms with E-state index in [1.54, 1.807) is 0 Å². The van der Waals surface area contributed by atoms with Gasteiger partial charge in [0.25, 0.3) is 0 Å². The summed E-state index contributed by atoms with van der Waals surface area (Å²) in [5.74, 6) is 1.18. The predicted octanol–water partition coefficient (Wildman–Crippen LogP) is 3.56. The topological polar surface area (TPSA) is 30.7 Å². The zero-order valence-electron chi connectivity index (χ0n) is 10.8. The Hall–Kier alpha value is -1.35. The maximum atomic E-state index is 5.68. The molecule has 4 heteroatoms. The monoisotopic (exact) mass is 263 g/mol. The van der Waals surface area contributed by atoms with Gasteiger partial charge in [-0.25, -0.2) is 4.68 Å². The zero-order chi connectivity index (χ0) is 13.0. The highest BCUT2D eigenvalue weighted by atomic mass is 35.5. The second-order valence-corrected chi connectivity index (χ2v) is 5.07. The normalized spacial score (nSPS) is 11.1. The van der Waals surface area contributed by atoms with Gasteiger partial charge in [-0.2, -0.15) is 0 Å². The highest BCUT2D eigenvalue weighted by Crippen LogP contribution is 2.17. The minimum Gasteiger partial charge on any atom is -0.220 e. The van der Waals surface area contributed by atoms with Crippen LogP contribution in [0.4, 0.5) is 0 Å². The molecular weight excluding hydrogens is 246 g/mol. The molecule has 96 valence electrons. The number of rotatable bonds is 5. The lowest BCUT2D eigenvalue weighted by atomic mass is 10.0. The van der Waals surface area contributed by atoms with E-state index in [0.717, 1.165) is 24.2 Å². The van der Waals surface area contributed by atoms with Crippen molar-refractivity contribution < 1.29 is 0 Å².